The second-order valence-corrected chi connectivity index (χ2v) is 5.21. The Morgan fingerprint density at radius 1 is 1.10 bits per heavy atom. The maximum absolute atomic E-state index is 11.9. The Bertz CT molecular complexity index is 639. The van der Waals surface area contributed by atoms with Gasteiger partial charge in [-0.05, 0) is 42.0 Å². The van der Waals surface area contributed by atoms with Crippen molar-refractivity contribution in [1.29, 1.82) is 0 Å². The molecule has 2 aromatic carbocycles. The molecule has 0 saturated carbocycles. The van der Waals surface area contributed by atoms with E-state index in [9.17, 15) is 9.59 Å². The molecule has 0 unspecified atom stereocenters. The zero-order valence-electron chi connectivity index (χ0n) is 10.6. The molecule has 0 spiro atoms. The second-order valence-electron chi connectivity index (χ2n) is 4.30. The first-order valence-electron chi connectivity index (χ1n) is 5.99. The summed E-state index contributed by atoms with van der Waals surface area (Å²) in [5.74, 6) is -0.605. The Balaban J connectivity index is 1.99. The van der Waals surface area contributed by atoms with Gasteiger partial charge < -0.3 is 11.1 Å². The number of carbonyl (C=O) groups excluding carboxylic acids is 2. The van der Waals surface area contributed by atoms with E-state index >= 15 is 0 Å². The Morgan fingerprint density at radius 2 is 1.80 bits per heavy atom. The van der Waals surface area contributed by atoms with Crippen molar-refractivity contribution >= 4 is 33.4 Å². The van der Waals surface area contributed by atoms with E-state index < -0.39 is 5.91 Å². The minimum Gasteiger partial charge on any atom is -0.366 e. The lowest BCUT2D eigenvalue weighted by Gasteiger charge is -2.06. The van der Waals surface area contributed by atoms with Crippen molar-refractivity contribution in [3.8, 4) is 0 Å². The van der Waals surface area contributed by atoms with Gasteiger partial charge in [0, 0.05) is 15.7 Å². The molecule has 0 bridgehead atoms. The highest BCUT2D eigenvalue weighted by Crippen LogP contribution is 2.13. The number of hydrogen-bond donors (Lipinski definition) is 2. The Labute approximate surface area is 125 Å². The summed E-state index contributed by atoms with van der Waals surface area (Å²) in [4.78, 5) is 22.8. The highest BCUT2D eigenvalue weighted by Gasteiger charge is 2.05. The van der Waals surface area contributed by atoms with Crippen molar-refractivity contribution in [1.82, 2.24) is 0 Å². The third-order valence-corrected chi connectivity index (χ3v) is 3.20. The molecular formula is C15H13BrN2O2. The predicted molar refractivity (Wildman–Crippen MR) is 81.4 cm³/mol. The van der Waals surface area contributed by atoms with Crippen LogP contribution in [0.2, 0.25) is 0 Å². The molecule has 3 N–H and O–H groups in total. The molecule has 0 aliphatic heterocycles. The number of primary amides is 1. The average molecular weight is 333 g/mol. The first-order chi connectivity index (χ1) is 9.54. The molecule has 0 aliphatic carbocycles. The fourth-order valence-electron chi connectivity index (χ4n) is 1.76. The molecule has 2 aromatic rings. The molecule has 0 aliphatic rings. The number of carbonyl (C=O) groups is 2. The molecule has 2 rings (SSSR count). The van der Waals surface area contributed by atoms with Crippen LogP contribution in [-0.2, 0) is 11.2 Å². The maximum Gasteiger partial charge on any atom is 0.248 e. The van der Waals surface area contributed by atoms with Crippen LogP contribution >= 0.6 is 15.9 Å². The van der Waals surface area contributed by atoms with Crippen LogP contribution in [0.15, 0.2) is 53.0 Å². The van der Waals surface area contributed by atoms with Gasteiger partial charge in [-0.2, -0.15) is 0 Å². The van der Waals surface area contributed by atoms with Crippen molar-refractivity contribution in [3.63, 3.8) is 0 Å². The Kier molecular flexibility index (Phi) is 4.53. The first-order valence-corrected chi connectivity index (χ1v) is 6.78. The van der Waals surface area contributed by atoms with Gasteiger partial charge in [-0.25, -0.2) is 0 Å². The van der Waals surface area contributed by atoms with Crippen LogP contribution in [0.1, 0.15) is 15.9 Å². The number of amides is 2. The molecular weight excluding hydrogens is 320 g/mol. The summed E-state index contributed by atoms with van der Waals surface area (Å²) in [6, 6.07) is 14.0. The number of hydrogen-bond acceptors (Lipinski definition) is 2. The topological polar surface area (TPSA) is 72.2 Å². The zero-order valence-corrected chi connectivity index (χ0v) is 12.2. The fraction of sp³-hybridized carbons (Fsp3) is 0.0667. The quantitative estimate of drug-likeness (QED) is 0.903. The van der Waals surface area contributed by atoms with Gasteiger partial charge in [0.15, 0.2) is 0 Å². The number of rotatable bonds is 4. The third kappa shape index (κ3) is 3.93. The van der Waals surface area contributed by atoms with E-state index in [-0.39, 0.29) is 12.3 Å². The van der Waals surface area contributed by atoms with Crippen LogP contribution in [0, 0.1) is 0 Å². The van der Waals surface area contributed by atoms with Crippen LogP contribution in [0.25, 0.3) is 0 Å². The van der Waals surface area contributed by atoms with Gasteiger partial charge in [-0.3, -0.25) is 9.59 Å². The Hall–Kier alpha value is -2.14. The third-order valence-electron chi connectivity index (χ3n) is 2.71. The zero-order chi connectivity index (χ0) is 14.5. The summed E-state index contributed by atoms with van der Waals surface area (Å²) in [7, 11) is 0. The molecule has 0 aromatic heterocycles. The van der Waals surface area contributed by atoms with Crippen molar-refractivity contribution in [2.75, 3.05) is 5.32 Å². The molecule has 2 amide bonds. The van der Waals surface area contributed by atoms with Crippen LogP contribution in [-0.4, -0.2) is 11.8 Å². The minimum atomic E-state index is -0.489. The second kappa shape index (κ2) is 6.34. The van der Waals surface area contributed by atoms with Crippen molar-refractivity contribution in [2.24, 2.45) is 5.73 Å². The SMILES string of the molecule is NC(=O)c1ccc(NC(=O)Cc2cccc(Br)c2)cc1. The van der Waals surface area contributed by atoms with E-state index in [4.69, 9.17) is 5.73 Å². The van der Waals surface area contributed by atoms with Crippen LogP contribution in [0.4, 0.5) is 5.69 Å². The summed E-state index contributed by atoms with van der Waals surface area (Å²) < 4.78 is 0.939. The number of halogens is 1. The highest BCUT2D eigenvalue weighted by molar-refractivity contribution is 9.10. The van der Waals surface area contributed by atoms with Gasteiger partial charge in [0.1, 0.15) is 0 Å². The smallest absolute Gasteiger partial charge is 0.248 e. The van der Waals surface area contributed by atoms with Gasteiger partial charge >= 0.3 is 0 Å². The average Bonchev–Trinajstić information content (AvgIpc) is 2.39. The van der Waals surface area contributed by atoms with Crippen LogP contribution in [0.3, 0.4) is 0 Å². The van der Waals surface area contributed by atoms with Gasteiger partial charge in [0.25, 0.3) is 0 Å². The van der Waals surface area contributed by atoms with Gasteiger partial charge in [-0.15, -0.1) is 0 Å². The monoisotopic (exact) mass is 332 g/mol. The summed E-state index contributed by atoms with van der Waals surface area (Å²) >= 11 is 3.36. The lowest BCUT2D eigenvalue weighted by atomic mass is 10.1. The summed E-state index contributed by atoms with van der Waals surface area (Å²) in [5.41, 5.74) is 7.12. The van der Waals surface area contributed by atoms with E-state index in [2.05, 4.69) is 21.2 Å². The number of benzene rings is 2. The van der Waals surface area contributed by atoms with Crippen molar-refractivity contribution in [3.05, 3.63) is 64.1 Å². The largest absolute Gasteiger partial charge is 0.366 e. The molecule has 0 saturated heterocycles. The molecule has 0 atom stereocenters. The molecule has 0 heterocycles. The van der Waals surface area contributed by atoms with Gasteiger partial charge in [0.2, 0.25) is 11.8 Å². The molecule has 5 heteroatoms. The molecule has 0 radical (unpaired) electrons. The van der Waals surface area contributed by atoms with Crippen LogP contribution < -0.4 is 11.1 Å². The van der Waals surface area contributed by atoms with Crippen molar-refractivity contribution in [2.45, 2.75) is 6.42 Å². The van der Waals surface area contributed by atoms with E-state index in [0.717, 1.165) is 10.0 Å². The maximum atomic E-state index is 11.9. The van der Waals surface area contributed by atoms with E-state index in [0.29, 0.717) is 11.3 Å². The normalized spacial score (nSPS) is 10.1. The number of anilines is 1. The van der Waals surface area contributed by atoms with Crippen LogP contribution in [0.5, 0.6) is 0 Å². The summed E-state index contributed by atoms with van der Waals surface area (Å²) in [5, 5.41) is 2.77. The number of nitrogens with two attached hydrogens (primary N) is 1. The fourth-order valence-corrected chi connectivity index (χ4v) is 2.20. The molecule has 4 nitrogen and oxygen atoms in total. The number of nitrogens with one attached hydrogen (secondary N) is 1. The summed E-state index contributed by atoms with van der Waals surface area (Å²) in [6.45, 7) is 0. The van der Waals surface area contributed by atoms with E-state index in [1.807, 2.05) is 24.3 Å². The molecule has 20 heavy (non-hydrogen) atoms. The van der Waals surface area contributed by atoms with Gasteiger partial charge in [-0.1, -0.05) is 28.1 Å². The first kappa shape index (κ1) is 14.3. The standard InChI is InChI=1S/C15H13BrN2O2/c16-12-3-1-2-10(8-12)9-14(19)18-13-6-4-11(5-7-13)15(17)20/h1-8H,9H2,(H2,17,20)(H,18,19). The van der Waals surface area contributed by atoms with Gasteiger partial charge in [0.05, 0.1) is 6.42 Å². The van der Waals surface area contributed by atoms with Crippen molar-refractivity contribution < 1.29 is 9.59 Å². The highest BCUT2D eigenvalue weighted by atomic mass is 79.9. The molecule has 0 fully saturated rings. The predicted octanol–water partition coefficient (Wildman–Crippen LogP) is 2.73. The summed E-state index contributed by atoms with van der Waals surface area (Å²) in [6.07, 6.45) is 0.289. The van der Waals surface area contributed by atoms with E-state index in [1.54, 1.807) is 24.3 Å². The van der Waals surface area contributed by atoms with E-state index in [1.165, 1.54) is 0 Å². The molecule has 102 valence electrons. The lowest BCUT2D eigenvalue weighted by Crippen LogP contribution is -2.15. The lowest BCUT2D eigenvalue weighted by molar-refractivity contribution is -0.115. The minimum absolute atomic E-state index is 0.116. The Morgan fingerprint density at radius 3 is 2.40 bits per heavy atom.